The second-order valence-electron chi connectivity index (χ2n) is 10.9. The zero-order chi connectivity index (χ0) is 26.2. The van der Waals surface area contributed by atoms with Gasteiger partial charge in [0.25, 0.3) is 0 Å². The molecule has 0 N–H and O–H groups in total. The summed E-state index contributed by atoms with van der Waals surface area (Å²) < 4.78 is 5.86. The highest BCUT2D eigenvalue weighted by Crippen LogP contribution is 2.19. The minimum atomic E-state index is 0.757. The molecule has 0 aliphatic heterocycles. The Morgan fingerprint density at radius 2 is 0.946 bits per heavy atom. The number of unbranched alkanes of at least 4 members (excludes halogenated alkanes) is 18. The summed E-state index contributed by atoms with van der Waals surface area (Å²) in [5.74, 6) is 1.55. The molecule has 0 fully saturated rings. The second-order valence-corrected chi connectivity index (χ2v) is 10.9. The molecule has 2 rings (SSSR count). The van der Waals surface area contributed by atoms with Crippen molar-refractivity contribution >= 4 is 0 Å². The number of nitrogens with zero attached hydrogens (tertiary/aromatic N) is 2. The van der Waals surface area contributed by atoms with Crippen LogP contribution >= 0.6 is 0 Å². The van der Waals surface area contributed by atoms with Crippen molar-refractivity contribution in [3.63, 3.8) is 0 Å². The Bertz CT molecular complexity index is 756. The summed E-state index contributed by atoms with van der Waals surface area (Å²) in [6.07, 6.45) is 32.1. The lowest BCUT2D eigenvalue weighted by molar-refractivity contribution is 0.302. The number of aryl methyl sites for hydroxylation is 1. The van der Waals surface area contributed by atoms with Crippen molar-refractivity contribution in [3.8, 4) is 17.1 Å². The molecule has 0 radical (unpaired) electrons. The van der Waals surface area contributed by atoms with Gasteiger partial charge in [0.15, 0.2) is 11.6 Å². The highest BCUT2D eigenvalue weighted by atomic mass is 16.5. The van der Waals surface area contributed by atoms with E-state index in [9.17, 15) is 0 Å². The van der Waals surface area contributed by atoms with Crippen LogP contribution in [0.4, 0.5) is 0 Å². The highest BCUT2D eigenvalue weighted by molar-refractivity contribution is 5.55. The minimum Gasteiger partial charge on any atom is -0.490 e. The van der Waals surface area contributed by atoms with Crippen LogP contribution in [0.3, 0.4) is 0 Å². The van der Waals surface area contributed by atoms with Gasteiger partial charge in [0.1, 0.15) is 0 Å². The van der Waals surface area contributed by atoms with Crippen LogP contribution in [-0.4, -0.2) is 16.6 Å². The molecule has 0 spiro atoms. The van der Waals surface area contributed by atoms with Crippen molar-refractivity contribution in [1.29, 1.82) is 0 Å². The van der Waals surface area contributed by atoms with E-state index < -0.39 is 0 Å². The van der Waals surface area contributed by atoms with Gasteiger partial charge in [-0.3, -0.25) is 0 Å². The van der Waals surface area contributed by atoms with E-state index in [-0.39, 0.29) is 0 Å². The third kappa shape index (κ3) is 15.8. The van der Waals surface area contributed by atoms with Crippen LogP contribution in [0.1, 0.15) is 148 Å². The van der Waals surface area contributed by atoms with Gasteiger partial charge in [0.2, 0.25) is 0 Å². The maximum absolute atomic E-state index is 5.86. The first-order valence-electron chi connectivity index (χ1n) is 15.9. The first-order chi connectivity index (χ1) is 18.3. The molecule has 0 unspecified atom stereocenters. The third-order valence-electron chi connectivity index (χ3n) is 7.43. The fourth-order valence-corrected chi connectivity index (χ4v) is 4.96. The molecule has 0 saturated heterocycles. The van der Waals surface area contributed by atoms with Crippen LogP contribution < -0.4 is 4.74 Å². The summed E-state index contributed by atoms with van der Waals surface area (Å²) in [4.78, 5) is 9.08. The summed E-state index contributed by atoms with van der Waals surface area (Å²) in [5.41, 5.74) is 2.49. The quantitative estimate of drug-likeness (QED) is 0.132. The summed E-state index contributed by atoms with van der Waals surface area (Å²) in [5, 5.41) is 0. The zero-order valence-corrected chi connectivity index (χ0v) is 24.3. The van der Waals surface area contributed by atoms with E-state index >= 15 is 0 Å². The topological polar surface area (TPSA) is 35.0 Å². The van der Waals surface area contributed by atoms with Crippen LogP contribution in [0.25, 0.3) is 11.4 Å². The molecule has 1 aromatic heterocycles. The standard InChI is InChI=1S/C34H56N2O/c1-3-5-7-9-11-13-15-17-19-21-23-31-24-26-32(27-25-31)34-35-29-33(30-36-34)37-28-22-20-18-16-14-12-10-8-6-4-2/h24-27,29-30H,3-23,28H2,1-2H3. The molecule has 37 heavy (non-hydrogen) atoms. The molecule has 0 amide bonds. The molecule has 0 bridgehead atoms. The molecule has 0 aliphatic rings. The maximum atomic E-state index is 5.86. The number of benzene rings is 1. The Morgan fingerprint density at radius 1 is 0.514 bits per heavy atom. The van der Waals surface area contributed by atoms with Gasteiger partial charge in [0.05, 0.1) is 19.0 Å². The summed E-state index contributed by atoms with van der Waals surface area (Å²) in [6.45, 7) is 5.32. The van der Waals surface area contributed by atoms with Crippen LogP contribution in [0.2, 0.25) is 0 Å². The molecule has 1 aromatic carbocycles. The molecule has 3 heteroatoms. The van der Waals surface area contributed by atoms with Crippen LogP contribution in [0.5, 0.6) is 5.75 Å². The summed E-state index contributed by atoms with van der Waals surface area (Å²) in [6, 6.07) is 8.79. The Balaban J connectivity index is 1.52. The SMILES string of the molecule is CCCCCCCCCCCCOc1cnc(-c2ccc(CCCCCCCCCCCC)cc2)nc1. The van der Waals surface area contributed by atoms with E-state index in [2.05, 4.69) is 48.1 Å². The number of hydrogen-bond donors (Lipinski definition) is 0. The lowest BCUT2D eigenvalue weighted by Crippen LogP contribution is -1.99. The Morgan fingerprint density at radius 3 is 1.43 bits per heavy atom. The van der Waals surface area contributed by atoms with E-state index in [0.29, 0.717) is 0 Å². The molecular weight excluding hydrogens is 452 g/mol. The van der Waals surface area contributed by atoms with Crippen molar-refractivity contribution in [2.24, 2.45) is 0 Å². The fraction of sp³-hybridized carbons (Fsp3) is 0.706. The third-order valence-corrected chi connectivity index (χ3v) is 7.43. The van der Waals surface area contributed by atoms with Crippen molar-refractivity contribution in [3.05, 3.63) is 42.2 Å². The average Bonchev–Trinajstić information content (AvgIpc) is 2.93. The number of hydrogen-bond acceptors (Lipinski definition) is 3. The molecule has 1 heterocycles. The van der Waals surface area contributed by atoms with Crippen LogP contribution in [0.15, 0.2) is 36.7 Å². The van der Waals surface area contributed by atoms with Gasteiger partial charge in [-0.15, -0.1) is 0 Å². The van der Waals surface area contributed by atoms with E-state index in [1.807, 2.05) is 12.4 Å². The monoisotopic (exact) mass is 508 g/mol. The van der Waals surface area contributed by atoms with Gasteiger partial charge in [-0.1, -0.05) is 154 Å². The van der Waals surface area contributed by atoms with E-state index in [4.69, 9.17) is 4.74 Å². The highest BCUT2D eigenvalue weighted by Gasteiger charge is 2.03. The molecule has 0 aliphatic carbocycles. The van der Waals surface area contributed by atoms with E-state index in [1.54, 1.807) is 0 Å². The van der Waals surface area contributed by atoms with Crippen molar-refractivity contribution in [2.75, 3.05) is 6.61 Å². The number of rotatable bonds is 24. The van der Waals surface area contributed by atoms with Gasteiger partial charge in [-0.05, 0) is 24.8 Å². The van der Waals surface area contributed by atoms with Crippen molar-refractivity contribution < 1.29 is 4.74 Å². The first-order valence-corrected chi connectivity index (χ1v) is 15.9. The molecule has 3 nitrogen and oxygen atoms in total. The van der Waals surface area contributed by atoms with Crippen molar-refractivity contribution in [1.82, 2.24) is 9.97 Å². The second kappa shape index (κ2) is 22.1. The van der Waals surface area contributed by atoms with Crippen LogP contribution in [-0.2, 0) is 6.42 Å². The lowest BCUT2D eigenvalue weighted by Gasteiger charge is -2.07. The van der Waals surface area contributed by atoms with Gasteiger partial charge < -0.3 is 4.74 Å². The fourth-order valence-electron chi connectivity index (χ4n) is 4.96. The summed E-state index contributed by atoms with van der Waals surface area (Å²) >= 11 is 0. The van der Waals surface area contributed by atoms with Gasteiger partial charge >= 0.3 is 0 Å². The van der Waals surface area contributed by atoms with E-state index in [1.165, 1.54) is 134 Å². The van der Waals surface area contributed by atoms with E-state index in [0.717, 1.165) is 30.2 Å². The largest absolute Gasteiger partial charge is 0.490 e. The van der Waals surface area contributed by atoms with Gasteiger partial charge in [-0.2, -0.15) is 0 Å². The van der Waals surface area contributed by atoms with Crippen molar-refractivity contribution in [2.45, 2.75) is 149 Å². The first kappa shape index (κ1) is 31.3. The molecule has 2 aromatic rings. The lowest BCUT2D eigenvalue weighted by atomic mass is 10.0. The smallest absolute Gasteiger partial charge is 0.159 e. The normalized spacial score (nSPS) is 11.2. The van der Waals surface area contributed by atoms with Crippen LogP contribution in [0, 0.1) is 0 Å². The maximum Gasteiger partial charge on any atom is 0.159 e. The van der Waals surface area contributed by atoms with Gasteiger partial charge in [-0.25, -0.2) is 9.97 Å². The minimum absolute atomic E-state index is 0.757. The average molecular weight is 509 g/mol. The Labute approximate surface area is 229 Å². The predicted octanol–water partition coefficient (Wildman–Crippen LogP) is 10.9. The Kier molecular flexibility index (Phi) is 18.7. The number of ether oxygens (including phenoxy) is 1. The zero-order valence-electron chi connectivity index (χ0n) is 24.3. The van der Waals surface area contributed by atoms with Gasteiger partial charge in [0, 0.05) is 5.56 Å². The molecule has 0 saturated carbocycles. The predicted molar refractivity (Wildman–Crippen MR) is 160 cm³/mol. The summed E-state index contributed by atoms with van der Waals surface area (Å²) in [7, 11) is 0. The molecule has 208 valence electrons. The Hall–Kier alpha value is -1.90. The molecule has 0 atom stereocenters. The molecular formula is C34H56N2O. The number of aromatic nitrogens is 2.